The molecule has 0 atom stereocenters. The smallest absolute Gasteiger partial charge is 0.243 e. The fraction of sp³-hybridized carbons (Fsp3) is 0.600. The summed E-state index contributed by atoms with van der Waals surface area (Å²) in [6, 6.07) is 5.58. The highest BCUT2D eigenvalue weighted by Crippen LogP contribution is 2.20. The second-order valence-electron chi connectivity index (χ2n) is 5.64. The van der Waals surface area contributed by atoms with Crippen LogP contribution in [0.4, 0.5) is 0 Å². The fourth-order valence-corrected chi connectivity index (χ4v) is 4.03. The van der Waals surface area contributed by atoms with Crippen LogP contribution in [0.3, 0.4) is 0 Å². The molecule has 0 radical (unpaired) electrons. The Morgan fingerprint density at radius 2 is 1.85 bits per heavy atom. The SMILES string of the molecule is Cc1ccc(C)c(S(=O)(=O)N(C)CCN2CCCC2)c1. The Morgan fingerprint density at radius 1 is 1.20 bits per heavy atom. The van der Waals surface area contributed by atoms with Crippen molar-refractivity contribution in [1.29, 1.82) is 0 Å². The van der Waals surface area contributed by atoms with Crippen LogP contribution in [0.5, 0.6) is 0 Å². The second-order valence-corrected chi connectivity index (χ2v) is 7.66. The molecule has 1 aromatic rings. The highest BCUT2D eigenvalue weighted by atomic mass is 32.2. The number of sulfonamides is 1. The van der Waals surface area contributed by atoms with E-state index in [1.807, 2.05) is 26.0 Å². The molecule has 0 spiro atoms. The van der Waals surface area contributed by atoms with Gasteiger partial charge in [0.1, 0.15) is 0 Å². The summed E-state index contributed by atoms with van der Waals surface area (Å²) in [6.07, 6.45) is 2.46. The molecule has 0 N–H and O–H groups in total. The van der Waals surface area contributed by atoms with Gasteiger partial charge in [-0.15, -0.1) is 0 Å². The maximum absolute atomic E-state index is 12.6. The zero-order valence-electron chi connectivity index (χ0n) is 12.6. The first-order valence-corrected chi connectivity index (χ1v) is 8.61. The lowest BCUT2D eigenvalue weighted by Gasteiger charge is -2.22. The van der Waals surface area contributed by atoms with Crippen molar-refractivity contribution in [3.63, 3.8) is 0 Å². The summed E-state index contributed by atoms with van der Waals surface area (Å²) in [5.74, 6) is 0. The van der Waals surface area contributed by atoms with Gasteiger partial charge in [0.2, 0.25) is 10.0 Å². The third-order valence-electron chi connectivity index (χ3n) is 3.96. The minimum Gasteiger partial charge on any atom is -0.302 e. The molecule has 1 fully saturated rings. The van der Waals surface area contributed by atoms with Crippen LogP contribution in [0.1, 0.15) is 24.0 Å². The molecular weight excluding hydrogens is 272 g/mol. The standard InChI is InChI=1S/C15H24N2O2S/c1-13-6-7-14(2)15(12-13)20(18,19)16(3)10-11-17-8-4-5-9-17/h6-7,12H,4-5,8-11H2,1-3H3. The molecule has 0 unspecified atom stereocenters. The van der Waals surface area contributed by atoms with Gasteiger partial charge in [0.15, 0.2) is 0 Å². The van der Waals surface area contributed by atoms with Gasteiger partial charge in [-0.05, 0) is 57.0 Å². The van der Waals surface area contributed by atoms with Crippen molar-refractivity contribution >= 4 is 10.0 Å². The lowest BCUT2D eigenvalue weighted by Crippen LogP contribution is -2.35. The first-order valence-electron chi connectivity index (χ1n) is 7.17. The predicted octanol–water partition coefficient (Wildman–Crippen LogP) is 2.02. The van der Waals surface area contributed by atoms with Crippen LogP contribution in [0.15, 0.2) is 23.1 Å². The van der Waals surface area contributed by atoms with E-state index >= 15 is 0 Å². The largest absolute Gasteiger partial charge is 0.302 e. The van der Waals surface area contributed by atoms with E-state index in [-0.39, 0.29) is 0 Å². The van der Waals surface area contributed by atoms with Gasteiger partial charge in [0, 0.05) is 20.1 Å². The molecular formula is C15H24N2O2S. The van der Waals surface area contributed by atoms with Gasteiger partial charge in [0.25, 0.3) is 0 Å². The number of benzene rings is 1. The van der Waals surface area contributed by atoms with Crippen molar-refractivity contribution in [2.45, 2.75) is 31.6 Å². The van der Waals surface area contributed by atoms with Crippen LogP contribution in [0.25, 0.3) is 0 Å². The van der Waals surface area contributed by atoms with Crippen molar-refractivity contribution < 1.29 is 8.42 Å². The maximum Gasteiger partial charge on any atom is 0.243 e. The quantitative estimate of drug-likeness (QED) is 0.834. The highest BCUT2D eigenvalue weighted by molar-refractivity contribution is 7.89. The number of likely N-dealkylation sites (N-methyl/N-ethyl adjacent to an activating group) is 1. The average molecular weight is 296 g/mol. The number of likely N-dealkylation sites (tertiary alicyclic amines) is 1. The van der Waals surface area contributed by atoms with E-state index in [2.05, 4.69) is 4.90 Å². The van der Waals surface area contributed by atoms with Crippen LogP contribution < -0.4 is 0 Å². The first kappa shape index (κ1) is 15.5. The highest BCUT2D eigenvalue weighted by Gasteiger charge is 2.23. The summed E-state index contributed by atoms with van der Waals surface area (Å²) >= 11 is 0. The molecule has 20 heavy (non-hydrogen) atoms. The van der Waals surface area contributed by atoms with E-state index in [9.17, 15) is 8.42 Å². The summed E-state index contributed by atoms with van der Waals surface area (Å²) in [7, 11) is -1.70. The van der Waals surface area contributed by atoms with E-state index in [1.165, 1.54) is 17.1 Å². The average Bonchev–Trinajstić information content (AvgIpc) is 2.91. The topological polar surface area (TPSA) is 40.6 Å². The molecule has 2 rings (SSSR count). The molecule has 5 heteroatoms. The van der Waals surface area contributed by atoms with E-state index in [0.717, 1.165) is 30.8 Å². The van der Waals surface area contributed by atoms with E-state index in [1.54, 1.807) is 13.1 Å². The van der Waals surface area contributed by atoms with Crippen molar-refractivity contribution in [3.8, 4) is 0 Å². The molecule has 1 aliphatic rings. The fourth-order valence-electron chi connectivity index (χ4n) is 2.56. The number of rotatable bonds is 5. The minimum absolute atomic E-state index is 0.432. The Labute approximate surface area is 122 Å². The number of aryl methyl sites for hydroxylation is 2. The van der Waals surface area contributed by atoms with Crippen molar-refractivity contribution in [2.75, 3.05) is 33.2 Å². The molecule has 0 aromatic heterocycles. The number of nitrogens with zero attached hydrogens (tertiary/aromatic N) is 2. The Balaban J connectivity index is 2.10. The van der Waals surface area contributed by atoms with Crippen LogP contribution in [0.2, 0.25) is 0 Å². The van der Waals surface area contributed by atoms with Gasteiger partial charge < -0.3 is 4.90 Å². The van der Waals surface area contributed by atoms with E-state index in [4.69, 9.17) is 0 Å². The summed E-state index contributed by atoms with van der Waals surface area (Å²) in [5, 5.41) is 0. The monoisotopic (exact) mass is 296 g/mol. The molecule has 1 heterocycles. The molecule has 0 amide bonds. The second kappa shape index (κ2) is 6.24. The zero-order valence-corrected chi connectivity index (χ0v) is 13.4. The number of hydrogen-bond acceptors (Lipinski definition) is 3. The van der Waals surface area contributed by atoms with Gasteiger partial charge in [0.05, 0.1) is 4.90 Å². The molecule has 1 saturated heterocycles. The first-order chi connectivity index (χ1) is 9.41. The van der Waals surface area contributed by atoms with Gasteiger partial charge in [-0.1, -0.05) is 12.1 Å². The normalized spacial score (nSPS) is 17.0. The molecule has 0 bridgehead atoms. The molecule has 0 saturated carbocycles. The van der Waals surface area contributed by atoms with E-state index in [0.29, 0.717) is 11.4 Å². The molecule has 112 valence electrons. The van der Waals surface area contributed by atoms with Crippen molar-refractivity contribution in [3.05, 3.63) is 29.3 Å². The third-order valence-corrected chi connectivity index (χ3v) is 5.96. The summed E-state index contributed by atoms with van der Waals surface area (Å²) in [4.78, 5) is 2.76. The van der Waals surface area contributed by atoms with Crippen LogP contribution in [-0.4, -0.2) is 50.8 Å². The summed E-state index contributed by atoms with van der Waals surface area (Å²) < 4.78 is 26.7. The van der Waals surface area contributed by atoms with Crippen molar-refractivity contribution in [1.82, 2.24) is 9.21 Å². The van der Waals surface area contributed by atoms with Crippen LogP contribution in [-0.2, 0) is 10.0 Å². The van der Waals surface area contributed by atoms with E-state index < -0.39 is 10.0 Å². The minimum atomic E-state index is -3.38. The lowest BCUT2D eigenvalue weighted by atomic mass is 10.2. The lowest BCUT2D eigenvalue weighted by molar-refractivity contribution is 0.310. The van der Waals surface area contributed by atoms with Crippen molar-refractivity contribution in [2.24, 2.45) is 0 Å². The van der Waals surface area contributed by atoms with Gasteiger partial charge in [-0.2, -0.15) is 4.31 Å². The Bertz CT molecular complexity index is 563. The molecule has 4 nitrogen and oxygen atoms in total. The van der Waals surface area contributed by atoms with Crippen LogP contribution in [0, 0.1) is 13.8 Å². The Kier molecular flexibility index (Phi) is 4.83. The zero-order chi connectivity index (χ0) is 14.8. The molecule has 1 aliphatic heterocycles. The third kappa shape index (κ3) is 3.40. The Hall–Kier alpha value is -0.910. The van der Waals surface area contributed by atoms with Gasteiger partial charge in [-0.25, -0.2) is 8.42 Å². The maximum atomic E-state index is 12.6. The Morgan fingerprint density at radius 3 is 2.50 bits per heavy atom. The predicted molar refractivity (Wildman–Crippen MR) is 81.4 cm³/mol. The summed E-state index contributed by atoms with van der Waals surface area (Å²) in [5.41, 5.74) is 1.78. The molecule has 0 aliphatic carbocycles. The van der Waals surface area contributed by atoms with Crippen LogP contribution >= 0.6 is 0 Å². The molecule has 1 aromatic carbocycles. The van der Waals surface area contributed by atoms with Gasteiger partial charge >= 0.3 is 0 Å². The summed E-state index contributed by atoms with van der Waals surface area (Å²) in [6.45, 7) is 7.33. The number of hydrogen-bond donors (Lipinski definition) is 0. The van der Waals surface area contributed by atoms with Gasteiger partial charge in [-0.3, -0.25) is 0 Å².